The van der Waals surface area contributed by atoms with Crippen LogP contribution in [0.5, 0.6) is 0 Å². The van der Waals surface area contributed by atoms with E-state index in [1.165, 1.54) is 5.56 Å². The Balaban J connectivity index is 1.37. The molecule has 2 aromatic carbocycles. The highest BCUT2D eigenvalue weighted by molar-refractivity contribution is 6.33. The molecule has 2 heterocycles. The molecular formula is C25H25ClN6O2. The van der Waals surface area contributed by atoms with Crippen molar-refractivity contribution in [3.05, 3.63) is 82.2 Å². The number of aryl methyl sites for hydroxylation is 3. The quantitative estimate of drug-likeness (QED) is 0.296. The molecule has 0 atom stereocenters. The van der Waals surface area contributed by atoms with E-state index in [2.05, 4.69) is 31.1 Å². The zero-order valence-corrected chi connectivity index (χ0v) is 19.9. The van der Waals surface area contributed by atoms with Crippen molar-refractivity contribution in [3.8, 4) is 11.3 Å². The Morgan fingerprint density at radius 1 is 1.00 bits per heavy atom. The van der Waals surface area contributed by atoms with Crippen molar-refractivity contribution >= 4 is 35.0 Å². The molecule has 2 aromatic heterocycles. The van der Waals surface area contributed by atoms with E-state index in [9.17, 15) is 4.79 Å². The monoisotopic (exact) mass is 476 g/mol. The Labute approximate surface area is 202 Å². The molecule has 0 unspecified atom stereocenters. The number of nitrogens with zero attached hydrogens (tertiary/aromatic N) is 3. The molecule has 4 rings (SSSR count). The minimum absolute atomic E-state index is 0.289. The third-order valence-corrected chi connectivity index (χ3v) is 5.42. The van der Waals surface area contributed by atoms with Gasteiger partial charge in [0, 0.05) is 36.1 Å². The highest BCUT2D eigenvalue weighted by Crippen LogP contribution is 2.30. The number of carbonyl (C=O) groups excluding carboxylic acids is 1. The minimum Gasteiger partial charge on any atom is -0.360 e. The number of carbonyl (C=O) groups is 1. The van der Waals surface area contributed by atoms with Crippen LogP contribution in [0, 0.1) is 20.8 Å². The topological polar surface area (TPSA) is 105 Å². The van der Waals surface area contributed by atoms with Crippen LogP contribution in [-0.2, 0) is 0 Å². The van der Waals surface area contributed by atoms with E-state index in [4.69, 9.17) is 16.1 Å². The second kappa shape index (κ2) is 10.4. The van der Waals surface area contributed by atoms with Gasteiger partial charge in [0.1, 0.15) is 22.8 Å². The summed E-state index contributed by atoms with van der Waals surface area (Å²) in [4.78, 5) is 21.8. The summed E-state index contributed by atoms with van der Waals surface area (Å²) in [5.41, 5.74) is 4.38. The van der Waals surface area contributed by atoms with Gasteiger partial charge in [-0.3, -0.25) is 4.79 Å². The number of amides is 1. The van der Waals surface area contributed by atoms with Gasteiger partial charge < -0.3 is 20.5 Å². The van der Waals surface area contributed by atoms with E-state index >= 15 is 0 Å². The smallest absolute Gasteiger partial charge is 0.257 e. The van der Waals surface area contributed by atoms with Gasteiger partial charge >= 0.3 is 0 Å². The largest absolute Gasteiger partial charge is 0.360 e. The first-order valence-corrected chi connectivity index (χ1v) is 11.2. The van der Waals surface area contributed by atoms with Crippen molar-refractivity contribution in [1.82, 2.24) is 20.4 Å². The maximum absolute atomic E-state index is 12.9. The van der Waals surface area contributed by atoms with E-state index < -0.39 is 0 Å². The Bertz CT molecular complexity index is 1300. The van der Waals surface area contributed by atoms with Crippen LogP contribution in [0.3, 0.4) is 0 Å². The van der Waals surface area contributed by atoms with Gasteiger partial charge in [0.2, 0.25) is 5.95 Å². The van der Waals surface area contributed by atoms with Gasteiger partial charge in [0.25, 0.3) is 5.91 Å². The predicted octanol–water partition coefficient (Wildman–Crippen LogP) is 5.30. The number of aromatic nitrogens is 3. The van der Waals surface area contributed by atoms with Gasteiger partial charge in [-0.1, -0.05) is 52.7 Å². The van der Waals surface area contributed by atoms with Crippen LogP contribution in [0.2, 0.25) is 5.02 Å². The van der Waals surface area contributed by atoms with Crippen LogP contribution < -0.4 is 16.0 Å². The van der Waals surface area contributed by atoms with Gasteiger partial charge in [-0.15, -0.1) is 0 Å². The van der Waals surface area contributed by atoms with Crippen molar-refractivity contribution in [2.75, 3.05) is 23.7 Å². The molecule has 0 aliphatic carbocycles. The van der Waals surface area contributed by atoms with E-state index in [1.54, 1.807) is 19.1 Å². The fourth-order valence-electron chi connectivity index (χ4n) is 3.41. The summed E-state index contributed by atoms with van der Waals surface area (Å²) >= 11 is 6.28. The van der Waals surface area contributed by atoms with Crippen LogP contribution in [0.4, 0.5) is 17.5 Å². The average molecular weight is 477 g/mol. The number of anilines is 3. The Morgan fingerprint density at radius 2 is 1.76 bits per heavy atom. The molecule has 0 aliphatic rings. The highest BCUT2D eigenvalue weighted by Gasteiger charge is 2.22. The summed E-state index contributed by atoms with van der Waals surface area (Å²) in [7, 11) is 0. The number of hydrogen-bond donors (Lipinski definition) is 3. The molecule has 0 radical (unpaired) electrons. The van der Waals surface area contributed by atoms with E-state index in [1.807, 2.05) is 56.3 Å². The van der Waals surface area contributed by atoms with Crippen LogP contribution >= 0.6 is 11.6 Å². The Hall–Kier alpha value is -3.91. The lowest BCUT2D eigenvalue weighted by atomic mass is 10.1. The van der Waals surface area contributed by atoms with Crippen molar-refractivity contribution in [2.24, 2.45) is 0 Å². The van der Waals surface area contributed by atoms with Crippen molar-refractivity contribution in [1.29, 1.82) is 0 Å². The first-order valence-electron chi connectivity index (χ1n) is 10.8. The standard InChI is InChI=1S/C25H25ClN6O2/c1-15-8-10-18(11-9-15)30-21-14-16(2)29-25(31-21)28-13-12-27-24(33)22-17(3)34-32-23(22)19-6-4-5-7-20(19)26/h4-11,14H,12-13H2,1-3H3,(H,27,33)(H2,28,29,30,31). The zero-order valence-electron chi connectivity index (χ0n) is 19.1. The summed E-state index contributed by atoms with van der Waals surface area (Å²) < 4.78 is 5.27. The minimum atomic E-state index is -0.289. The Kier molecular flexibility index (Phi) is 7.08. The van der Waals surface area contributed by atoms with Gasteiger partial charge in [-0.25, -0.2) is 4.98 Å². The van der Waals surface area contributed by atoms with Gasteiger partial charge in [0.05, 0.1) is 5.02 Å². The lowest BCUT2D eigenvalue weighted by Crippen LogP contribution is -2.29. The normalized spacial score (nSPS) is 10.7. The molecule has 1 amide bonds. The van der Waals surface area contributed by atoms with Crippen LogP contribution in [0.15, 0.2) is 59.1 Å². The van der Waals surface area contributed by atoms with Gasteiger partial charge in [0.15, 0.2) is 0 Å². The molecule has 174 valence electrons. The lowest BCUT2D eigenvalue weighted by molar-refractivity contribution is 0.0954. The molecular weight excluding hydrogens is 452 g/mol. The van der Waals surface area contributed by atoms with Crippen molar-refractivity contribution in [3.63, 3.8) is 0 Å². The number of benzene rings is 2. The lowest BCUT2D eigenvalue weighted by Gasteiger charge is -2.11. The molecule has 0 saturated carbocycles. The second-order valence-electron chi connectivity index (χ2n) is 7.83. The maximum atomic E-state index is 12.9. The number of nitrogens with one attached hydrogen (secondary N) is 3. The fraction of sp³-hybridized carbons (Fsp3) is 0.200. The van der Waals surface area contributed by atoms with Crippen LogP contribution in [0.1, 0.15) is 27.4 Å². The predicted molar refractivity (Wildman–Crippen MR) is 134 cm³/mol. The molecule has 0 bridgehead atoms. The van der Waals surface area contributed by atoms with E-state index in [-0.39, 0.29) is 5.91 Å². The summed E-state index contributed by atoms with van der Waals surface area (Å²) in [5, 5.41) is 13.9. The maximum Gasteiger partial charge on any atom is 0.257 e. The fourth-order valence-corrected chi connectivity index (χ4v) is 3.64. The van der Waals surface area contributed by atoms with E-state index in [0.717, 1.165) is 11.4 Å². The third-order valence-electron chi connectivity index (χ3n) is 5.09. The molecule has 34 heavy (non-hydrogen) atoms. The second-order valence-corrected chi connectivity index (χ2v) is 8.24. The number of halogens is 1. The SMILES string of the molecule is Cc1ccc(Nc2cc(C)nc(NCCNC(=O)c3c(-c4ccccc4Cl)noc3C)n2)cc1. The molecule has 0 fully saturated rings. The molecule has 8 nitrogen and oxygen atoms in total. The highest BCUT2D eigenvalue weighted by atomic mass is 35.5. The molecule has 4 aromatic rings. The molecule has 0 spiro atoms. The first kappa shape index (κ1) is 23.3. The summed E-state index contributed by atoms with van der Waals surface area (Å²) in [6.07, 6.45) is 0. The Morgan fingerprint density at radius 3 is 2.53 bits per heavy atom. The molecule has 9 heteroatoms. The van der Waals surface area contributed by atoms with Crippen LogP contribution in [-0.4, -0.2) is 34.1 Å². The average Bonchev–Trinajstić information content (AvgIpc) is 3.19. The van der Waals surface area contributed by atoms with Crippen molar-refractivity contribution in [2.45, 2.75) is 20.8 Å². The van der Waals surface area contributed by atoms with E-state index in [0.29, 0.717) is 52.5 Å². The van der Waals surface area contributed by atoms with Crippen molar-refractivity contribution < 1.29 is 9.32 Å². The first-order chi connectivity index (χ1) is 16.4. The third kappa shape index (κ3) is 5.52. The zero-order chi connectivity index (χ0) is 24.1. The van der Waals surface area contributed by atoms with Gasteiger partial charge in [-0.05, 0) is 39.0 Å². The van der Waals surface area contributed by atoms with Crippen LogP contribution in [0.25, 0.3) is 11.3 Å². The van der Waals surface area contributed by atoms with Gasteiger partial charge in [-0.2, -0.15) is 4.98 Å². The molecule has 3 N–H and O–H groups in total. The summed E-state index contributed by atoms with van der Waals surface area (Å²) in [6, 6.07) is 17.1. The number of hydrogen-bond acceptors (Lipinski definition) is 7. The summed E-state index contributed by atoms with van der Waals surface area (Å²) in [6.45, 7) is 6.43. The summed E-state index contributed by atoms with van der Waals surface area (Å²) in [5.74, 6) is 1.30. The molecule has 0 aliphatic heterocycles. The molecule has 0 saturated heterocycles. The number of rotatable bonds is 8.